The first kappa shape index (κ1) is 8.97. The van der Waals surface area contributed by atoms with E-state index in [0.29, 0.717) is 13.4 Å². The minimum atomic E-state index is -0.0570. The zero-order valence-corrected chi connectivity index (χ0v) is 7.14. The second kappa shape index (κ2) is 4.04. The van der Waals surface area contributed by atoms with Gasteiger partial charge in [0.05, 0.1) is 6.61 Å². The van der Waals surface area contributed by atoms with Crippen LogP contribution >= 0.6 is 0 Å². The Kier molecular flexibility index (Phi) is 3.30. The van der Waals surface area contributed by atoms with Crippen LogP contribution in [0, 0.1) is 0 Å². The zero-order chi connectivity index (χ0) is 8.16. The Morgan fingerprint density at radius 3 is 2.55 bits per heavy atom. The van der Waals surface area contributed by atoms with Gasteiger partial charge in [0, 0.05) is 12.6 Å². The highest BCUT2D eigenvalue weighted by Gasteiger charge is 2.29. The van der Waals surface area contributed by atoms with Crippen molar-refractivity contribution in [2.45, 2.75) is 31.2 Å². The first-order valence-corrected chi connectivity index (χ1v) is 4.12. The molecule has 2 N–H and O–H groups in total. The molecule has 0 bridgehead atoms. The van der Waals surface area contributed by atoms with Crippen LogP contribution in [0.4, 0.5) is 0 Å². The van der Waals surface area contributed by atoms with E-state index in [2.05, 4.69) is 0 Å². The number of ether oxygens (including phenoxy) is 2. The summed E-state index contributed by atoms with van der Waals surface area (Å²) in [6.45, 7) is 1.000. The number of hydrogen-bond donors (Lipinski definition) is 1. The highest BCUT2D eigenvalue weighted by Crippen LogP contribution is 2.27. The molecule has 66 valence electrons. The predicted octanol–water partition coefficient (Wildman–Crippen LogP) is 0.878. The molecule has 3 nitrogen and oxygen atoms in total. The van der Waals surface area contributed by atoms with Crippen LogP contribution in [0.3, 0.4) is 0 Å². The van der Waals surface area contributed by atoms with Crippen molar-refractivity contribution < 1.29 is 9.47 Å². The van der Waals surface area contributed by atoms with Gasteiger partial charge in [-0.25, -0.2) is 0 Å². The number of rotatable bonds is 4. The van der Waals surface area contributed by atoms with Crippen LogP contribution in [0.25, 0.3) is 0 Å². The third kappa shape index (κ3) is 2.77. The molecule has 3 heteroatoms. The molecule has 0 aliphatic heterocycles. The summed E-state index contributed by atoms with van der Waals surface area (Å²) in [6, 6.07) is 0. The number of nitrogens with two attached hydrogens (primary N) is 1. The quantitative estimate of drug-likeness (QED) is 0.489. The maximum Gasteiger partial charge on any atom is 0.146 e. The summed E-state index contributed by atoms with van der Waals surface area (Å²) in [4.78, 5) is 0. The second-order valence-corrected chi connectivity index (χ2v) is 3.32. The summed E-state index contributed by atoms with van der Waals surface area (Å²) >= 11 is 0. The Bertz CT molecular complexity index is 111. The lowest BCUT2D eigenvalue weighted by Crippen LogP contribution is -2.41. The van der Waals surface area contributed by atoms with Crippen LogP contribution in [-0.4, -0.2) is 26.0 Å². The fourth-order valence-electron chi connectivity index (χ4n) is 1.55. The molecular weight excluding hydrogens is 142 g/mol. The lowest BCUT2D eigenvalue weighted by atomic mass is 10.0. The molecule has 0 atom stereocenters. The van der Waals surface area contributed by atoms with Gasteiger partial charge in [0.25, 0.3) is 0 Å². The maximum atomic E-state index is 6.02. The normalized spacial score (nSPS) is 22.4. The molecule has 0 spiro atoms. The van der Waals surface area contributed by atoms with E-state index in [1.165, 1.54) is 12.8 Å². The summed E-state index contributed by atoms with van der Waals surface area (Å²) in [7, 11) is 1.62. The van der Waals surface area contributed by atoms with Gasteiger partial charge in [-0.1, -0.05) is 12.8 Å². The molecule has 0 heterocycles. The van der Waals surface area contributed by atoms with Crippen molar-refractivity contribution in [3.63, 3.8) is 0 Å². The Morgan fingerprint density at radius 1 is 1.36 bits per heavy atom. The Morgan fingerprint density at radius 2 is 2.00 bits per heavy atom. The lowest BCUT2D eigenvalue weighted by molar-refractivity contribution is -0.0474. The molecule has 0 amide bonds. The second-order valence-electron chi connectivity index (χ2n) is 3.32. The van der Waals surface area contributed by atoms with E-state index in [4.69, 9.17) is 15.2 Å². The van der Waals surface area contributed by atoms with Crippen molar-refractivity contribution in [2.75, 3.05) is 20.5 Å². The molecule has 1 fully saturated rings. The van der Waals surface area contributed by atoms with Gasteiger partial charge in [0.15, 0.2) is 0 Å². The van der Waals surface area contributed by atoms with Gasteiger partial charge in [0.2, 0.25) is 0 Å². The number of methoxy groups -OCH3 is 1. The molecule has 0 aromatic heterocycles. The van der Waals surface area contributed by atoms with E-state index in [1.807, 2.05) is 0 Å². The summed E-state index contributed by atoms with van der Waals surface area (Å²) in [5.41, 5.74) is 5.96. The lowest BCUT2D eigenvalue weighted by Gasteiger charge is -2.22. The monoisotopic (exact) mass is 159 g/mol. The molecule has 1 aliphatic rings. The smallest absolute Gasteiger partial charge is 0.146 e. The number of hydrogen-bond acceptors (Lipinski definition) is 3. The minimum absolute atomic E-state index is 0.0570. The van der Waals surface area contributed by atoms with E-state index < -0.39 is 0 Å². The van der Waals surface area contributed by atoms with Crippen LogP contribution in [-0.2, 0) is 9.47 Å². The fraction of sp³-hybridized carbons (Fsp3) is 1.00. The van der Waals surface area contributed by atoms with Crippen LogP contribution in [0.15, 0.2) is 0 Å². The van der Waals surface area contributed by atoms with Gasteiger partial charge in [-0.05, 0) is 12.8 Å². The topological polar surface area (TPSA) is 44.5 Å². The van der Waals surface area contributed by atoms with Crippen LogP contribution < -0.4 is 5.73 Å². The average Bonchev–Trinajstić information content (AvgIpc) is 2.38. The molecule has 0 unspecified atom stereocenters. The summed E-state index contributed by atoms with van der Waals surface area (Å²) in [5.74, 6) is 0. The van der Waals surface area contributed by atoms with Crippen LogP contribution in [0.5, 0.6) is 0 Å². The van der Waals surface area contributed by atoms with Crippen molar-refractivity contribution in [3.05, 3.63) is 0 Å². The molecule has 1 saturated carbocycles. The van der Waals surface area contributed by atoms with E-state index in [1.54, 1.807) is 7.11 Å². The highest BCUT2D eigenvalue weighted by atomic mass is 16.7. The van der Waals surface area contributed by atoms with Crippen molar-refractivity contribution in [1.82, 2.24) is 0 Å². The fourth-order valence-corrected chi connectivity index (χ4v) is 1.55. The third-order valence-corrected chi connectivity index (χ3v) is 2.19. The van der Waals surface area contributed by atoms with Crippen LogP contribution in [0.1, 0.15) is 25.7 Å². The molecule has 1 aliphatic carbocycles. The molecule has 0 aromatic carbocycles. The van der Waals surface area contributed by atoms with Crippen molar-refractivity contribution in [2.24, 2.45) is 5.73 Å². The summed E-state index contributed by atoms with van der Waals surface area (Å²) < 4.78 is 9.99. The van der Waals surface area contributed by atoms with Crippen molar-refractivity contribution in [3.8, 4) is 0 Å². The molecule has 11 heavy (non-hydrogen) atoms. The van der Waals surface area contributed by atoms with Crippen LogP contribution in [0.2, 0.25) is 0 Å². The molecule has 1 rings (SSSR count). The van der Waals surface area contributed by atoms with Gasteiger partial charge >= 0.3 is 0 Å². The minimum Gasteiger partial charge on any atom is -0.359 e. The SMILES string of the molecule is COCOCC1(N)CCCC1. The van der Waals surface area contributed by atoms with E-state index in [9.17, 15) is 0 Å². The van der Waals surface area contributed by atoms with Gasteiger partial charge in [0.1, 0.15) is 6.79 Å². The Labute approximate surface area is 67.9 Å². The first-order chi connectivity index (χ1) is 5.27. The van der Waals surface area contributed by atoms with Gasteiger partial charge in [-0.15, -0.1) is 0 Å². The highest BCUT2D eigenvalue weighted by molar-refractivity contribution is 4.88. The first-order valence-electron chi connectivity index (χ1n) is 4.12. The van der Waals surface area contributed by atoms with E-state index in [-0.39, 0.29) is 5.54 Å². The van der Waals surface area contributed by atoms with Gasteiger partial charge in [-0.2, -0.15) is 0 Å². The van der Waals surface area contributed by atoms with Gasteiger partial charge < -0.3 is 15.2 Å². The molecule has 0 radical (unpaired) electrons. The largest absolute Gasteiger partial charge is 0.359 e. The molecular formula is C8H17NO2. The average molecular weight is 159 g/mol. The Balaban J connectivity index is 2.13. The van der Waals surface area contributed by atoms with Crippen molar-refractivity contribution >= 4 is 0 Å². The summed E-state index contributed by atoms with van der Waals surface area (Å²) in [6.07, 6.45) is 4.67. The third-order valence-electron chi connectivity index (χ3n) is 2.19. The molecule has 0 aromatic rings. The van der Waals surface area contributed by atoms with E-state index in [0.717, 1.165) is 12.8 Å². The molecule has 0 saturated heterocycles. The zero-order valence-electron chi connectivity index (χ0n) is 7.14. The van der Waals surface area contributed by atoms with Crippen molar-refractivity contribution in [1.29, 1.82) is 0 Å². The van der Waals surface area contributed by atoms with E-state index >= 15 is 0 Å². The summed E-state index contributed by atoms with van der Waals surface area (Å²) in [5, 5.41) is 0. The predicted molar refractivity (Wildman–Crippen MR) is 43.2 cm³/mol. The standard InChI is InChI=1S/C8H17NO2/c1-10-7-11-6-8(9)4-2-3-5-8/h2-7,9H2,1H3. The Hall–Kier alpha value is -0.120. The maximum absolute atomic E-state index is 6.02. The van der Waals surface area contributed by atoms with Gasteiger partial charge in [-0.3, -0.25) is 0 Å².